The fourth-order valence-corrected chi connectivity index (χ4v) is 7.28. The van der Waals surface area contributed by atoms with Crippen molar-refractivity contribution in [3.63, 3.8) is 0 Å². The number of carbonyl (C=O) groups is 3. The molecule has 2 fully saturated rings. The molecular formula is C40H44ClF3N4O5. The number of hydrogen-bond donors (Lipinski definition) is 2. The Bertz CT molecular complexity index is 1840. The Balaban J connectivity index is 1.24. The standard InChI is InChI=1S/C40H44ClF3N4O5/c1-2-52-35(49)10-5-19-46-40(51)48-29-21-30(26-13-11-25(12-14-26)7-6-20-53-38-33(43)18-17-32(42)37(38)44)36(34(48)23-45-22-29)39(50)47(28-15-16-28)24-27-8-3-4-9-31(27)41/h3-4,8-9,11-14,17-18,28-29,34,45H,2,5-7,10,15-16,19-24H2,1H3,(H,46,51)/t29-,34-/m1/s1. The van der Waals surface area contributed by atoms with Crippen molar-refractivity contribution >= 4 is 35.1 Å². The lowest BCUT2D eigenvalue weighted by Gasteiger charge is -2.48. The zero-order valence-electron chi connectivity index (χ0n) is 29.6. The van der Waals surface area contributed by atoms with E-state index in [1.807, 2.05) is 53.4 Å². The Kier molecular flexibility index (Phi) is 12.6. The zero-order chi connectivity index (χ0) is 37.5. The van der Waals surface area contributed by atoms with Crippen LogP contribution >= 0.6 is 11.6 Å². The quantitative estimate of drug-likeness (QED) is 0.101. The van der Waals surface area contributed by atoms with E-state index in [2.05, 4.69) is 10.6 Å². The first kappa shape index (κ1) is 38.2. The third-order valence-electron chi connectivity index (χ3n) is 9.86. The van der Waals surface area contributed by atoms with Crippen molar-refractivity contribution in [2.24, 2.45) is 0 Å². The molecule has 3 aliphatic rings. The SMILES string of the molecule is CCOC(=O)CCCNC(=O)N1[C@H]2CNC[C@@H]1C(C(=O)N(Cc1ccccc1Cl)C1CC1)=C(c1ccc(CCCOc3c(F)ccc(F)c3F)cc1)C2. The molecule has 0 aromatic heterocycles. The molecule has 6 rings (SSSR count). The molecule has 53 heavy (non-hydrogen) atoms. The van der Waals surface area contributed by atoms with Gasteiger partial charge in [-0.2, -0.15) is 4.39 Å². The van der Waals surface area contributed by atoms with Gasteiger partial charge >= 0.3 is 12.0 Å². The van der Waals surface area contributed by atoms with Crippen molar-refractivity contribution in [2.45, 2.75) is 76.5 Å². The first-order chi connectivity index (χ1) is 25.7. The van der Waals surface area contributed by atoms with E-state index in [-0.39, 0.29) is 43.0 Å². The van der Waals surface area contributed by atoms with Gasteiger partial charge in [0.25, 0.3) is 5.91 Å². The molecule has 3 aromatic carbocycles. The van der Waals surface area contributed by atoms with Crippen molar-refractivity contribution in [3.05, 3.63) is 105 Å². The maximum absolute atomic E-state index is 14.9. The predicted molar refractivity (Wildman–Crippen MR) is 195 cm³/mol. The molecule has 2 atom stereocenters. The van der Waals surface area contributed by atoms with Gasteiger partial charge in [0.1, 0.15) is 0 Å². The van der Waals surface area contributed by atoms with E-state index in [1.165, 1.54) is 0 Å². The summed E-state index contributed by atoms with van der Waals surface area (Å²) in [7, 11) is 0. The van der Waals surface area contributed by atoms with Gasteiger partial charge in [0, 0.05) is 49.2 Å². The first-order valence-electron chi connectivity index (χ1n) is 18.2. The summed E-state index contributed by atoms with van der Waals surface area (Å²) in [5.41, 5.74) is 4.12. The van der Waals surface area contributed by atoms with Gasteiger partial charge in [-0.05, 0) is 85.9 Å². The molecule has 9 nitrogen and oxygen atoms in total. The molecule has 3 amide bonds. The highest BCUT2D eigenvalue weighted by Gasteiger charge is 2.46. The van der Waals surface area contributed by atoms with E-state index in [1.54, 1.807) is 11.8 Å². The molecule has 0 spiro atoms. The zero-order valence-corrected chi connectivity index (χ0v) is 30.4. The van der Waals surface area contributed by atoms with Crippen LogP contribution in [0.2, 0.25) is 5.02 Å². The number of rotatable bonds is 15. The van der Waals surface area contributed by atoms with E-state index in [0.29, 0.717) is 69.1 Å². The summed E-state index contributed by atoms with van der Waals surface area (Å²) in [6.07, 6.45) is 3.81. The van der Waals surface area contributed by atoms with E-state index in [0.717, 1.165) is 47.2 Å². The van der Waals surface area contributed by atoms with Crippen LogP contribution in [0.3, 0.4) is 0 Å². The molecule has 0 radical (unpaired) electrons. The van der Waals surface area contributed by atoms with E-state index in [4.69, 9.17) is 21.1 Å². The minimum Gasteiger partial charge on any atom is -0.488 e. The molecule has 1 saturated heterocycles. The lowest BCUT2D eigenvalue weighted by molar-refractivity contribution is -0.143. The van der Waals surface area contributed by atoms with E-state index in [9.17, 15) is 27.6 Å². The third-order valence-corrected chi connectivity index (χ3v) is 10.2. The van der Waals surface area contributed by atoms with Crippen LogP contribution in [0.25, 0.3) is 5.57 Å². The molecule has 3 aromatic rings. The molecule has 2 heterocycles. The number of nitrogens with zero attached hydrogens (tertiary/aromatic N) is 2. The molecule has 0 unspecified atom stereocenters. The number of carbonyl (C=O) groups excluding carboxylic acids is 3. The molecule has 1 saturated carbocycles. The lowest BCUT2D eigenvalue weighted by Crippen LogP contribution is -2.65. The van der Waals surface area contributed by atoms with Crippen LogP contribution < -0.4 is 15.4 Å². The minimum atomic E-state index is -1.35. The van der Waals surface area contributed by atoms with Gasteiger partial charge in [-0.25, -0.2) is 13.6 Å². The third kappa shape index (κ3) is 9.16. The normalized spacial score (nSPS) is 18.1. The Hall–Kier alpha value is -4.55. The van der Waals surface area contributed by atoms with Crippen molar-refractivity contribution in [2.75, 3.05) is 32.8 Å². The van der Waals surface area contributed by atoms with Crippen molar-refractivity contribution < 1.29 is 37.0 Å². The topological polar surface area (TPSA) is 100 Å². The second-order valence-corrected chi connectivity index (χ2v) is 14.0. The van der Waals surface area contributed by atoms with Gasteiger partial charge < -0.3 is 29.9 Å². The van der Waals surface area contributed by atoms with Gasteiger partial charge in [0.05, 0.1) is 25.3 Å². The molecule has 2 aliphatic heterocycles. The summed E-state index contributed by atoms with van der Waals surface area (Å²) in [5.74, 6) is -4.66. The van der Waals surface area contributed by atoms with Crippen LogP contribution in [-0.2, 0) is 27.3 Å². The number of halogens is 4. The number of esters is 1. The fourth-order valence-electron chi connectivity index (χ4n) is 7.08. The Morgan fingerprint density at radius 1 is 0.981 bits per heavy atom. The summed E-state index contributed by atoms with van der Waals surface area (Å²) in [6, 6.07) is 15.9. The second-order valence-electron chi connectivity index (χ2n) is 13.5. The van der Waals surface area contributed by atoms with Gasteiger partial charge in [-0.3, -0.25) is 9.59 Å². The van der Waals surface area contributed by atoms with Crippen LogP contribution in [0.1, 0.15) is 62.1 Å². The monoisotopic (exact) mass is 752 g/mol. The Morgan fingerprint density at radius 3 is 2.47 bits per heavy atom. The number of ether oxygens (including phenoxy) is 2. The Labute approximate surface area is 312 Å². The molecule has 2 N–H and O–H groups in total. The molecule has 2 bridgehead atoms. The summed E-state index contributed by atoms with van der Waals surface area (Å²) in [5, 5.41) is 6.99. The highest BCUT2D eigenvalue weighted by atomic mass is 35.5. The number of hydrogen-bond acceptors (Lipinski definition) is 6. The van der Waals surface area contributed by atoms with Crippen LogP contribution in [0.4, 0.5) is 18.0 Å². The molecule has 282 valence electrons. The van der Waals surface area contributed by atoms with Gasteiger partial charge in [0.2, 0.25) is 5.82 Å². The number of fused-ring (bicyclic) bond motifs is 2. The van der Waals surface area contributed by atoms with Gasteiger partial charge in [-0.15, -0.1) is 0 Å². The van der Waals surface area contributed by atoms with Crippen molar-refractivity contribution in [1.82, 2.24) is 20.4 Å². The van der Waals surface area contributed by atoms with Crippen molar-refractivity contribution in [1.29, 1.82) is 0 Å². The predicted octanol–water partition coefficient (Wildman–Crippen LogP) is 6.81. The molecular weight excluding hydrogens is 709 g/mol. The van der Waals surface area contributed by atoms with Gasteiger partial charge in [-0.1, -0.05) is 54.1 Å². The Morgan fingerprint density at radius 2 is 1.74 bits per heavy atom. The van der Waals surface area contributed by atoms with Gasteiger partial charge in [0.15, 0.2) is 17.4 Å². The summed E-state index contributed by atoms with van der Waals surface area (Å²) in [6.45, 7) is 3.62. The van der Waals surface area contributed by atoms with Crippen LogP contribution in [-0.4, -0.2) is 78.7 Å². The van der Waals surface area contributed by atoms with Crippen molar-refractivity contribution in [3.8, 4) is 5.75 Å². The maximum Gasteiger partial charge on any atom is 0.318 e. The van der Waals surface area contributed by atoms with Crippen LogP contribution in [0.5, 0.6) is 5.75 Å². The lowest BCUT2D eigenvalue weighted by atomic mass is 9.81. The fraction of sp³-hybridized carbons (Fsp3) is 0.425. The highest BCUT2D eigenvalue weighted by Crippen LogP contribution is 2.40. The number of nitrogens with one attached hydrogen (secondary N) is 2. The summed E-state index contributed by atoms with van der Waals surface area (Å²) < 4.78 is 51.8. The smallest absolute Gasteiger partial charge is 0.318 e. The second kappa shape index (κ2) is 17.5. The van der Waals surface area contributed by atoms with E-state index < -0.39 is 29.2 Å². The minimum absolute atomic E-state index is 0.0115. The summed E-state index contributed by atoms with van der Waals surface area (Å²) >= 11 is 6.56. The average molecular weight is 753 g/mol. The molecule has 13 heteroatoms. The average Bonchev–Trinajstić information content (AvgIpc) is 3.99. The number of urea groups is 1. The van der Waals surface area contributed by atoms with Crippen LogP contribution in [0.15, 0.2) is 66.2 Å². The maximum atomic E-state index is 14.9. The van der Waals surface area contributed by atoms with E-state index >= 15 is 0 Å². The first-order valence-corrected chi connectivity index (χ1v) is 18.6. The number of aryl methyl sites for hydroxylation is 1. The highest BCUT2D eigenvalue weighted by molar-refractivity contribution is 6.31. The largest absolute Gasteiger partial charge is 0.488 e. The number of piperazine rings is 1. The van der Waals surface area contributed by atoms with Crippen LogP contribution in [0, 0.1) is 17.5 Å². The number of amides is 3. The molecule has 1 aliphatic carbocycles. The number of benzene rings is 3. The summed E-state index contributed by atoms with van der Waals surface area (Å²) in [4.78, 5) is 44.2.